The lowest BCUT2D eigenvalue weighted by Crippen LogP contribution is -2.17. The Morgan fingerprint density at radius 2 is 1.87 bits per heavy atom. The van der Waals surface area contributed by atoms with E-state index in [1.54, 1.807) is 12.1 Å². The summed E-state index contributed by atoms with van der Waals surface area (Å²) in [4.78, 5) is 0. The van der Waals surface area contributed by atoms with Gasteiger partial charge in [-0.2, -0.15) is 0 Å². The molecule has 118 valence electrons. The number of hydrogen-bond acceptors (Lipinski definition) is 2. The van der Waals surface area contributed by atoms with Gasteiger partial charge in [0.15, 0.2) is 0 Å². The van der Waals surface area contributed by atoms with E-state index in [9.17, 15) is 4.39 Å². The second-order valence-electron chi connectivity index (χ2n) is 5.41. The van der Waals surface area contributed by atoms with Crippen LogP contribution in [0.15, 0.2) is 65.1 Å². The molecule has 0 bridgehead atoms. The van der Waals surface area contributed by atoms with Crippen LogP contribution in [-0.4, -0.2) is 0 Å². The number of halogens is 2. The van der Waals surface area contributed by atoms with E-state index < -0.39 is 5.82 Å². The highest BCUT2D eigenvalue weighted by atomic mass is 35.5. The van der Waals surface area contributed by atoms with Crippen molar-refractivity contribution < 1.29 is 8.81 Å². The van der Waals surface area contributed by atoms with E-state index in [1.807, 2.05) is 30.3 Å². The molecule has 0 fully saturated rings. The second kappa shape index (κ2) is 6.99. The molecule has 1 unspecified atom stereocenters. The van der Waals surface area contributed by atoms with Crippen molar-refractivity contribution in [1.82, 2.24) is 5.32 Å². The Kier molecular flexibility index (Phi) is 4.79. The summed E-state index contributed by atoms with van der Waals surface area (Å²) < 4.78 is 19.0. The number of benzene rings is 2. The van der Waals surface area contributed by atoms with Crippen LogP contribution < -0.4 is 5.32 Å². The van der Waals surface area contributed by atoms with Gasteiger partial charge in [0.05, 0.1) is 11.6 Å². The quantitative estimate of drug-likeness (QED) is 0.660. The normalized spacial score (nSPS) is 12.3. The highest BCUT2D eigenvalue weighted by Crippen LogP contribution is 2.26. The second-order valence-corrected chi connectivity index (χ2v) is 5.82. The van der Waals surface area contributed by atoms with Gasteiger partial charge in [0.25, 0.3) is 0 Å². The van der Waals surface area contributed by atoms with Crippen LogP contribution in [0.1, 0.15) is 24.3 Å². The average molecular weight is 330 g/mol. The van der Waals surface area contributed by atoms with Crippen LogP contribution in [0.25, 0.3) is 11.3 Å². The molecule has 23 heavy (non-hydrogen) atoms. The minimum atomic E-state index is -0.430. The van der Waals surface area contributed by atoms with Crippen molar-refractivity contribution in [2.45, 2.75) is 19.5 Å². The van der Waals surface area contributed by atoms with E-state index >= 15 is 0 Å². The molecule has 0 saturated heterocycles. The molecule has 4 heteroatoms. The summed E-state index contributed by atoms with van der Waals surface area (Å²) in [6.07, 6.45) is 0. The maximum atomic E-state index is 13.2. The molecule has 1 heterocycles. The lowest BCUT2D eigenvalue weighted by atomic mass is 10.1. The summed E-state index contributed by atoms with van der Waals surface area (Å²) in [6, 6.07) is 18.8. The molecule has 2 aromatic carbocycles. The van der Waals surface area contributed by atoms with Crippen molar-refractivity contribution in [3.05, 3.63) is 82.8 Å². The maximum Gasteiger partial charge on any atom is 0.141 e. The van der Waals surface area contributed by atoms with Crippen molar-refractivity contribution in [2.24, 2.45) is 0 Å². The van der Waals surface area contributed by atoms with Gasteiger partial charge in [-0.1, -0.05) is 41.9 Å². The molecule has 3 rings (SSSR count). The van der Waals surface area contributed by atoms with Crippen LogP contribution in [0.3, 0.4) is 0 Å². The molecular formula is C19H17ClFNO. The first-order valence-corrected chi connectivity index (χ1v) is 7.84. The van der Waals surface area contributed by atoms with Crippen molar-refractivity contribution in [2.75, 3.05) is 0 Å². The van der Waals surface area contributed by atoms with Crippen molar-refractivity contribution in [3.8, 4) is 11.3 Å². The Bertz CT molecular complexity index is 785. The van der Waals surface area contributed by atoms with Crippen LogP contribution in [0.2, 0.25) is 5.02 Å². The molecule has 3 aromatic rings. The third-order valence-electron chi connectivity index (χ3n) is 3.75. The Hall–Kier alpha value is -2.10. The largest absolute Gasteiger partial charge is 0.460 e. The minimum absolute atomic E-state index is 0.0938. The van der Waals surface area contributed by atoms with Crippen molar-refractivity contribution >= 4 is 11.6 Å². The van der Waals surface area contributed by atoms with E-state index in [4.69, 9.17) is 16.0 Å². The number of rotatable bonds is 5. The van der Waals surface area contributed by atoms with E-state index in [-0.39, 0.29) is 11.1 Å². The first-order valence-electron chi connectivity index (χ1n) is 7.46. The van der Waals surface area contributed by atoms with Crippen LogP contribution in [0.4, 0.5) is 4.39 Å². The summed E-state index contributed by atoms with van der Waals surface area (Å²) in [6.45, 7) is 2.73. The topological polar surface area (TPSA) is 25.2 Å². The molecule has 0 spiro atoms. The molecule has 1 N–H and O–H groups in total. The Morgan fingerprint density at radius 3 is 2.61 bits per heavy atom. The first-order chi connectivity index (χ1) is 11.1. The monoisotopic (exact) mass is 329 g/mol. The molecule has 0 aliphatic carbocycles. The third-order valence-corrected chi connectivity index (χ3v) is 4.04. The molecule has 2 nitrogen and oxygen atoms in total. The SMILES string of the molecule is CC(NCc1ccc(-c2ccc(F)c(Cl)c2)o1)c1ccccc1. The maximum absolute atomic E-state index is 13.2. The molecule has 0 saturated carbocycles. The Morgan fingerprint density at radius 1 is 1.09 bits per heavy atom. The average Bonchev–Trinajstić information content (AvgIpc) is 3.05. The van der Waals surface area contributed by atoms with Gasteiger partial charge in [0, 0.05) is 11.6 Å². The molecule has 1 atom stereocenters. The smallest absolute Gasteiger partial charge is 0.141 e. The van der Waals surface area contributed by atoms with Gasteiger partial charge >= 0.3 is 0 Å². The molecular weight excluding hydrogens is 313 g/mol. The van der Waals surface area contributed by atoms with Crippen LogP contribution in [0, 0.1) is 5.82 Å². The van der Waals surface area contributed by atoms with Gasteiger partial charge in [-0.25, -0.2) is 4.39 Å². The third kappa shape index (κ3) is 3.81. The standard InChI is InChI=1S/C19H17ClFNO/c1-13(14-5-3-2-4-6-14)22-12-16-8-10-19(23-16)15-7-9-18(21)17(20)11-15/h2-11,13,22H,12H2,1H3. The van der Waals surface area contributed by atoms with E-state index in [0.29, 0.717) is 12.3 Å². The van der Waals surface area contributed by atoms with Crippen LogP contribution in [0.5, 0.6) is 0 Å². The highest BCUT2D eigenvalue weighted by molar-refractivity contribution is 6.31. The lowest BCUT2D eigenvalue weighted by molar-refractivity contribution is 0.468. The van der Waals surface area contributed by atoms with Gasteiger partial charge in [-0.05, 0) is 42.8 Å². The van der Waals surface area contributed by atoms with Gasteiger partial charge in [0.1, 0.15) is 17.3 Å². The fourth-order valence-corrected chi connectivity index (χ4v) is 2.57. The molecule has 0 amide bonds. The Balaban J connectivity index is 1.66. The predicted molar refractivity (Wildman–Crippen MR) is 90.8 cm³/mol. The van der Waals surface area contributed by atoms with Gasteiger partial charge < -0.3 is 9.73 Å². The molecule has 0 aliphatic heterocycles. The lowest BCUT2D eigenvalue weighted by Gasteiger charge is -2.12. The van der Waals surface area contributed by atoms with E-state index in [0.717, 1.165) is 11.3 Å². The summed E-state index contributed by atoms with van der Waals surface area (Å²) >= 11 is 5.81. The van der Waals surface area contributed by atoms with Crippen molar-refractivity contribution in [1.29, 1.82) is 0 Å². The number of hydrogen-bond donors (Lipinski definition) is 1. The summed E-state index contributed by atoms with van der Waals surface area (Å²) in [5.41, 5.74) is 1.99. The van der Waals surface area contributed by atoms with Gasteiger partial charge in [-0.3, -0.25) is 0 Å². The molecule has 1 aromatic heterocycles. The first kappa shape index (κ1) is 15.8. The minimum Gasteiger partial charge on any atom is -0.460 e. The fourth-order valence-electron chi connectivity index (χ4n) is 2.39. The molecule has 0 aliphatic rings. The van der Waals surface area contributed by atoms with Gasteiger partial charge in [0.2, 0.25) is 0 Å². The number of furan rings is 1. The summed E-state index contributed by atoms with van der Waals surface area (Å²) in [5.74, 6) is 1.07. The number of nitrogens with one attached hydrogen (secondary N) is 1. The predicted octanol–water partition coefficient (Wildman–Crippen LogP) is 5.59. The summed E-state index contributed by atoms with van der Waals surface area (Å²) in [5, 5.41) is 3.51. The Labute approximate surface area is 139 Å². The van der Waals surface area contributed by atoms with Crippen LogP contribution in [-0.2, 0) is 6.54 Å². The zero-order chi connectivity index (χ0) is 16.2. The van der Waals surface area contributed by atoms with E-state index in [2.05, 4.69) is 24.4 Å². The van der Waals surface area contributed by atoms with Gasteiger partial charge in [-0.15, -0.1) is 0 Å². The molecule has 0 radical (unpaired) electrons. The van der Waals surface area contributed by atoms with Crippen LogP contribution >= 0.6 is 11.6 Å². The zero-order valence-corrected chi connectivity index (χ0v) is 13.5. The van der Waals surface area contributed by atoms with Crippen molar-refractivity contribution in [3.63, 3.8) is 0 Å². The zero-order valence-electron chi connectivity index (χ0n) is 12.7. The fraction of sp³-hybridized carbons (Fsp3) is 0.158. The van der Waals surface area contributed by atoms with E-state index in [1.165, 1.54) is 11.6 Å². The summed E-state index contributed by atoms with van der Waals surface area (Å²) in [7, 11) is 0. The highest BCUT2D eigenvalue weighted by Gasteiger charge is 2.09.